The minimum atomic E-state index is -4.70. The van der Waals surface area contributed by atoms with E-state index >= 15 is 0 Å². The van der Waals surface area contributed by atoms with Crippen molar-refractivity contribution in [3.05, 3.63) is 0 Å². The van der Waals surface area contributed by atoms with Crippen LogP contribution in [-0.4, -0.2) is 29.8 Å². The molecule has 0 aliphatic rings. The van der Waals surface area contributed by atoms with Crippen LogP contribution in [0.15, 0.2) is 0 Å². The summed E-state index contributed by atoms with van der Waals surface area (Å²) < 4.78 is 44.8. The molecule has 0 aromatic rings. The molecular weight excluding hydrogens is 313 g/mol. The van der Waals surface area contributed by atoms with Gasteiger partial charge in [-0.15, -0.1) is 0 Å². The van der Waals surface area contributed by atoms with Crippen molar-refractivity contribution < 1.29 is 32.6 Å². The fourth-order valence-electron chi connectivity index (χ4n) is 2.43. The maximum Gasteiger partial charge on any atom is 0.392 e. The molecule has 0 bridgehead atoms. The molecule has 0 radical (unpaired) electrons. The van der Waals surface area contributed by atoms with Crippen LogP contribution in [0.1, 0.15) is 48.0 Å². The highest BCUT2D eigenvalue weighted by Gasteiger charge is 2.59. The van der Waals surface area contributed by atoms with Crippen molar-refractivity contribution in [3.63, 3.8) is 0 Å². The zero-order chi connectivity index (χ0) is 18.6. The number of halogens is 3. The maximum absolute atomic E-state index is 13.3. The zero-order valence-electron chi connectivity index (χ0n) is 14.5. The molecule has 0 aliphatic heterocycles. The van der Waals surface area contributed by atoms with E-state index in [0.717, 1.165) is 13.8 Å². The lowest BCUT2D eigenvalue weighted by atomic mass is 9.65. The molecule has 0 heterocycles. The summed E-state index contributed by atoms with van der Waals surface area (Å²) in [5, 5.41) is 9.42. The molecule has 7 heteroatoms. The molecular formula is C16H27F3O4. The van der Waals surface area contributed by atoms with Crippen molar-refractivity contribution in [1.29, 1.82) is 0 Å². The first kappa shape index (κ1) is 21.7. The van der Waals surface area contributed by atoms with Gasteiger partial charge < -0.3 is 9.84 Å². The van der Waals surface area contributed by atoms with E-state index in [-0.39, 0.29) is 24.9 Å². The number of carboxylic acids is 1. The fourth-order valence-corrected chi connectivity index (χ4v) is 2.43. The minimum Gasteiger partial charge on any atom is -0.481 e. The van der Waals surface area contributed by atoms with Gasteiger partial charge in [0, 0.05) is 0 Å². The van der Waals surface area contributed by atoms with Crippen LogP contribution in [0.2, 0.25) is 0 Å². The number of alkyl halides is 3. The Kier molecular flexibility index (Phi) is 7.57. The highest BCUT2D eigenvalue weighted by atomic mass is 19.4. The molecule has 0 fully saturated rings. The second kappa shape index (κ2) is 8.02. The number of aliphatic carboxylic acids is 1. The number of carbonyl (C=O) groups is 2. The monoisotopic (exact) mass is 340 g/mol. The predicted octanol–water partition coefficient (Wildman–Crippen LogP) is 4.14. The van der Waals surface area contributed by atoms with Crippen molar-refractivity contribution >= 4 is 11.9 Å². The lowest BCUT2D eigenvalue weighted by Crippen LogP contribution is -2.51. The van der Waals surface area contributed by atoms with E-state index in [0.29, 0.717) is 0 Å². The molecule has 1 N–H and O–H groups in total. The predicted molar refractivity (Wildman–Crippen MR) is 79.7 cm³/mol. The summed E-state index contributed by atoms with van der Waals surface area (Å²) in [6.07, 6.45) is -4.74. The molecule has 0 amide bonds. The van der Waals surface area contributed by atoms with Gasteiger partial charge >= 0.3 is 18.1 Å². The first-order valence-corrected chi connectivity index (χ1v) is 7.71. The number of rotatable bonds is 8. The number of hydrogen-bond donors (Lipinski definition) is 1. The molecule has 23 heavy (non-hydrogen) atoms. The van der Waals surface area contributed by atoms with E-state index in [4.69, 9.17) is 4.74 Å². The third-order valence-corrected chi connectivity index (χ3v) is 4.11. The van der Waals surface area contributed by atoms with Gasteiger partial charge in [-0.05, 0) is 25.2 Å². The third-order valence-electron chi connectivity index (χ3n) is 4.11. The molecule has 0 aromatic heterocycles. The van der Waals surface area contributed by atoms with Crippen molar-refractivity contribution in [1.82, 2.24) is 0 Å². The van der Waals surface area contributed by atoms with Crippen LogP contribution < -0.4 is 0 Å². The number of carbonyl (C=O) groups excluding carboxylic acids is 1. The van der Waals surface area contributed by atoms with E-state index in [2.05, 4.69) is 0 Å². The smallest absolute Gasteiger partial charge is 0.392 e. The van der Waals surface area contributed by atoms with Gasteiger partial charge in [0.05, 0.1) is 23.9 Å². The first-order valence-electron chi connectivity index (χ1n) is 7.71. The van der Waals surface area contributed by atoms with Crippen LogP contribution in [0.25, 0.3) is 0 Å². The number of esters is 1. The van der Waals surface area contributed by atoms with E-state index in [9.17, 15) is 27.9 Å². The van der Waals surface area contributed by atoms with Crippen LogP contribution in [0.4, 0.5) is 13.2 Å². The Morgan fingerprint density at radius 1 is 1.04 bits per heavy atom. The molecule has 0 saturated carbocycles. The Bertz CT molecular complexity index is 418. The highest BCUT2D eigenvalue weighted by Crippen LogP contribution is 2.47. The lowest BCUT2D eigenvalue weighted by molar-refractivity contribution is -0.221. The van der Waals surface area contributed by atoms with Gasteiger partial charge in [-0.3, -0.25) is 9.59 Å². The Hall–Kier alpha value is -1.27. The van der Waals surface area contributed by atoms with E-state index in [1.165, 1.54) is 0 Å². The van der Waals surface area contributed by atoms with Crippen molar-refractivity contribution in [2.45, 2.75) is 54.1 Å². The van der Waals surface area contributed by atoms with E-state index < -0.39 is 35.4 Å². The average Bonchev–Trinajstić information content (AvgIpc) is 2.38. The summed E-state index contributed by atoms with van der Waals surface area (Å²) in [5.41, 5.74) is -2.18. The standard InChI is InChI=1S/C16H27F3O4/c1-9(2)7-12(13(20)21)15(6,11(5)16(17,18)19)14(22)23-8-10(3)4/h9-12H,7-8H2,1-6H3,(H,20,21). The maximum atomic E-state index is 13.3. The summed E-state index contributed by atoms with van der Waals surface area (Å²) in [6, 6.07) is 0. The summed E-state index contributed by atoms with van der Waals surface area (Å²) in [6.45, 7) is 8.75. The van der Waals surface area contributed by atoms with E-state index in [1.54, 1.807) is 27.7 Å². The van der Waals surface area contributed by atoms with Gasteiger partial charge in [-0.25, -0.2) is 0 Å². The molecule has 0 rings (SSSR count). The van der Waals surface area contributed by atoms with Crippen LogP contribution in [0, 0.1) is 29.1 Å². The van der Waals surface area contributed by atoms with Crippen molar-refractivity contribution in [2.75, 3.05) is 6.61 Å². The molecule has 3 unspecified atom stereocenters. The van der Waals surface area contributed by atoms with Gasteiger partial charge in [0.15, 0.2) is 0 Å². The molecule has 136 valence electrons. The first-order chi connectivity index (χ1) is 10.2. The van der Waals surface area contributed by atoms with Gasteiger partial charge in [-0.1, -0.05) is 34.6 Å². The Labute approximate surface area is 135 Å². The molecule has 0 aliphatic carbocycles. The largest absolute Gasteiger partial charge is 0.481 e. The van der Waals surface area contributed by atoms with Crippen LogP contribution >= 0.6 is 0 Å². The van der Waals surface area contributed by atoms with Crippen LogP contribution in [0.3, 0.4) is 0 Å². The molecule has 0 saturated heterocycles. The number of hydrogen-bond acceptors (Lipinski definition) is 3. The molecule has 0 aromatic carbocycles. The second-order valence-electron chi connectivity index (χ2n) is 7.06. The SMILES string of the molecule is CC(C)COC(=O)C(C)(C(CC(C)C)C(=O)O)C(C)C(F)(F)F. The lowest BCUT2D eigenvalue weighted by Gasteiger charge is -2.39. The van der Waals surface area contributed by atoms with Gasteiger partial charge in [0.25, 0.3) is 0 Å². The molecule has 0 spiro atoms. The summed E-state index contributed by atoms with van der Waals surface area (Å²) in [7, 11) is 0. The summed E-state index contributed by atoms with van der Waals surface area (Å²) >= 11 is 0. The Balaban J connectivity index is 5.85. The quantitative estimate of drug-likeness (QED) is 0.675. The molecule has 4 nitrogen and oxygen atoms in total. The average molecular weight is 340 g/mol. The summed E-state index contributed by atoms with van der Waals surface area (Å²) in [5.74, 6) is -6.36. The Morgan fingerprint density at radius 2 is 1.52 bits per heavy atom. The van der Waals surface area contributed by atoms with Gasteiger partial charge in [0.2, 0.25) is 0 Å². The highest BCUT2D eigenvalue weighted by molar-refractivity contribution is 5.84. The minimum absolute atomic E-state index is 0.0387. The Morgan fingerprint density at radius 3 is 1.83 bits per heavy atom. The second-order valence-corrected chi connectivity index (χ2v) is 7.06. The zero-order valence-corrected chi connectivity index (χ0v) is 14.5. The van der Waals surface area contributed by atoms with Crippen molar-refractivity contribution in [2.24, 2.45) is 29.1 Å². The van der Waals surface area contributed by atoms with Gasteiger partial charge in [0.1, 0.15) is 0 Å². The molecule has 3 atom stereocenters. The summed E-state index contributed by atoms with van der Waals surface area (Å²) in [4.78, 5) is 24.0. The number of carboxylic acid groups (broad SMARTS) is 1. The van der Waals surface area contributed by atoms with Gasteiger partial charge in [-0.2, -0.15) is 13.2 Å². The van der Waals surface area contributed by atoms with Crippen molar-refractivity contribution in [3.8, 4) is 0 Å². The topological polar surface area (TPSA) is 63.6 Å². The van der Waals surface area contributed by atoms with Crippen LogP contribution in [-0.2, 0) is 14.3 Å². The normalized spacial score (nSPS) is 17.7. The fraction of sp³-hybridized carbons (Fsp3) is 0.875. The third kappa shape index (κ3) is 5.70. The van der Waals surface area contributed by atoms with Crippen LogP contribution in [0.5, 0.6) is 0 Å². The van der Waals surface area contributed by atoms with E-state index in [1.807, 2.05) is 0 Å². The number of ether oxygens (including phenoxy) is 1.